The van der Waals surface area contributed by atoms with Gasteiger partial charge in [0.15, 0.2) is 17.5 Å². The molecule has 0 fully saturated rings. The fourth-order valence-corrected chi connectivity index (χ4v) is 7.60. The molecule has 0 saturated carbocycles. The first-order valence-electron chi connectivity index (χ1n) is 18.8. The van der Waals surface area contributed by atoms with Crippen molar-refractivity contribution in [3.63, 3.8) is 0 Å². The average molecular weight is 718 g/mol. The lowest BCUT2D eigenvalue weighted by atomic mass is 10.0. The Morgan fingerprint density at radius 2 is 0.768 bits per heavy atom. The van der Waals surface area contributed by atoms with Gasteiger partial charge in [0.25, 0.3) is 0 Å². The van der Waals surface area contributed by atoms with Crippen molar-refractivity contribution in [2.45, 2.75) is 0 Å². The Hall–Kier alpha value is -7.63. The summed E-state index contributed by atoms with van der Waals surface area (Å²) in [6.45, 7) is 0. The van der Waals surface area contributed by atoms with Gasteiger partial charge in [0.1, 0.15) is 0 Å². The van der Waals surface area contributed by atoms with Crippen molar-refractivity contribution < 1.29 is 0 Å². The minimum absolute atomic E-state index is 0.622. The van der Waals surface area contributed by atoms with Crippen molar-refractivity contribution in [1.29, 1.82) is 0 Å². The van der Waals surface area contributed by atoms with Crippen LogP contribution in [0.3, 0.4) is 0 Å². The minimum Gasteiger partial charge on any atom is -0.311 e. The van der Waals surface area contributed by atoms with Gasteiger partial charge in [-0.05, 0) is 71.8 Å². The molecule has 0 unspecified atom stereocenters. The number of anilines is 3. The molecular weight excluding hydrogens is 683 g/mol. The molecule has 0 aliphatic carbocycles. The standard InChI is InChI=1S/C51H35N5/c1-5-16-38(17-6-1)49-52-50(54-51(53-49)46-26-15-25-45-44-24-13-14-27-47(44)56(48(45)46)42-22-11-4-12-23-42)39-30-28-36(29-31-39)37-32-34-43(35-33-37)55(40-18-7-2-8-19-40)41-20-9-3-10-21-41/h1-35H. The zero-order chi connectivity index (χ0) is 37.3. The largest absolute Gasteiger partial charge is 0.311 e. The van der Waals surface area contributed by atoms with E-state index in [-0.39, 0.29) is 0 Å². The van der Waals surface area contributed by atoms with Crippen molar-refractivity contribution in [3.8, 4) is 51.0 Å². The monoisotopic (exact) mass is 717 g/mol. The summed E-state index contributed by atoms with van der Waals surface area (Å²) in [7, 11) is 0. The Kier molecular flexibility index (Phi) is 8.43. The molecule has 0 aliphatic heterocycles. The van der Waals surface area contributed by atoms with Crippen LogP contribution in [0.4, 0.5) is 17.1 Å². The summed E-state index contributed by atoms with van der Waals surface area (Å²) in [5.41, 5.74) is 11.6. The van der Waals surface area contributed by atoms with Crippen LogP contribution in [0.1, 0.15) is 0 Å². The van der Waals surface area contributed by atoms with Crippen LogP contribution in [0.15, 0.2) is 212 Å². The van der Waals surface area contributed by atoms with Crippen LogP contribution >= 0.6 is 0 Å². The van der Waals surface area contributed by atoms with Crippen LogP contribution in [0.25, 0.3) is 72.8 Å². The molecule has 0 atom stereocenters. The maximum Gasteiger partial charge on any atom is 0.166 e. The highest BCUT2D eigenvalue weighted by Gasteiger charge is 2.20. The molecule has 0 aliphatic rings. The molecule has 5 heteroatoms. The lowest BCUT2D eigenvalue weighted by molar-refractivity contribution is 1.07. The third kappa shape index (κ3) is 6.07. The van der Waals surface area contributed by atoms with Crippen LogP contribution in [0, 0.1) is 0 Å². The van der Waals surface area contributed by atoms with Crippen molar-refractivity contribution >= 4 is 38.9 Å². The maximum atomic E-state index is 5.20. The SMILES string of the molecule is c1ccc(-c2nc(-c3ccc(-c4ccc(N(c5ccccc5)c5ccccc5)cc4)cc3)nc(-c3cccc4c5ccccc5n(-c5ccccc5)c34)n2)cc1. The lowest BCUT2D eigenvalue weighted by Crippen LogP contribution is -2.09. The molecule has 2 aromatic heterocycles. The van der Waals surface area contributed by atoms with Gasteiger partial charge in [0, 0.05) is 50.2 Å². The number of hydrogen-bond donors (Lipinski definition) is 0. The smallest absolute Gasteiger partial charge is 0.166 e. The van der Waals surface area contributed by atoms with E-state index in [1.165, 1.54) is 5.39 Å². The highest BCUT2D eigenvalue weighted by molar-refractivity contribution is 6.13. The molecule has 10 rings (SSSR count). The highest BCUT2D eigenvalue weighted by Crippen LogP contribution is 2.39. The highest BCUT2D eigenvalue weighted by atomic mass is 15.1. The van der Waals surface area contributed by atoms with Crippen molar-refractivity contribution in [2.24, 2.45) is 0 Å². The third-order valence-corrected chi connectivity index (χ3v) is 10.2. The third-order valence-electron chi connectivity index (χ3n) is 10.2. The molecule has 0 saturated heterocycles. The van der Waals surface area contributed by atoms with Crippen LogP contribution in [-0.4, -0.2) is 19.5 Å². The fraction of sp³-hybridized carbons (Fsp3) is 0. The van der Waals surface area contributed by atoms with E-state index in [0.717, 1.165) is 67.0 Å². The van der Waals surface area contributed by atoms with E-state index < -0.39 is 0 Å². The molecule has 0 radical (unpaired) electrons. The Morgan fingerprint density at radius 3 is 1.39 bits per heavy atom. The zero-order valence-corrected chi connectivity index (χ0v) is 30.4. The van der Waals surface area contributed by atoms with Crippen LogP contribution in [0.2, 0.25) is 0 Å². The lowest BCUT2D eigenvalue weighted by Gasteiger charge is -2.25. The van der Waals surface area contributed by atoms with Gasteiger partial charge in [-0.3, -0.25) is 0 Å². The second kappa shape index (κ2) is 14.3. The van der Waals surface area contributed by atoms with Crippen molar-refractivity contribution in [3.05, 3.63) is 212 Å². The first-order valence-corrected chi connectivity index (χ1v) is 18.8. The van der Waals surface area contributed by atoms with Gasteiger partial charge in [0.05, 0.1) is 11.0 Å². The van der Waals surface area contributed by atoms with Crippen LogP contribution in [0.5, 0.6) is 0 Å². The Bertz CT molecular complexity index is 2890. The van der Waals surface area contributed by atoms with Crippen LogP contribution < -0.4 is 4.90 Å². The second-order valence-electron chi connectivity index (χ2n) is 13.7. The minimum atomic E-state index is 0.622. The van der Waals surface area contributed by atoms with E-state index in [2.05, 4.69) is 179 Å². The van der Waals surface area contributed by atoms with Gasteiger partial charge in [-0.1, -0.05) is 152 Å². The number of rotatable bonds is 8. The number of hydrogen-bond acceptors (Lipinski definition) is 4. The molecule has 0 amide bonds. The number of benzene rings is 8. The molecule has 56 heavy (non-hydrogen) atoms. The van der Waals surface area contributed by atoms with Gasteiger partial charge in [0.2, 0.25) is 0 Å². The average Bonchev–Trinajstić information content (AvgIpc) is 3.63. The second-order valence-corrected chi connectivity index (χ2v) is 13.7. The topological polar surface area (TPSA) is 46.8 Å². The summed E-state index contributed by atoms with van der Waals surface area (Å²) in [6.07, 6.45) is 0. The molecule has 2 heterocycles. The predicted octanol–water partition coefficient (Wildman–Crippen LogP) is 13.1. The number of aromatic nitrogens is 4. The van der Waals surface area contributed by atoms with E-state index in [1.807, 2.05) is 42.5 Å². The van der Waals surface area contributed by atoms with E-state index in [9.17, 15) is 0 Å². The summed E-state index contributed by atoms with van der Waals surface area (Å²) in [4.78, 5) is 17.7. The normalized spacial score (nSPS) is 11.2. The Balaban J connectivity index is 1.06. The summed E-state index contributed by atoms with van der Waals surface area (Å²) in [6, 6.07) is 73.8. The van der Waals surface area contributed by atoms with Crippen molar-refractivity contribution in [1.82, 2.24) is 19.5 Å². The first-order chi connectivity index (χ1) is 27.8. The molecule has 8 aromatic carbocycles. The fourth-order valence-electron chi connectivity index (χ4n) is 7.60. The number of fused-ring (bicyclic) bond motifs is 3. The predicted molar refractivity (Wildman–Crippen MR) is 231 cm³/mol. The molecule has 0 N–H and O–H groups in total. The summed E-state index contributed by atoms with van der Waals surface area (Å²) < 4.78 is 2.32. The molecular formula is C51H35N5. The molecule has 10 aromatic rings. The zero-order valence-electron chi connectivity index (χ0n) is 30.4. The maximum absolute atomic E-state index is 5.20. The quantitative estimate of drug-likeness (QED) is 0.157. The van der Waals surface area contributed by atoms with Gasteiger partial charge in [-0.25, -0.2) is 15.0 Å². The van der Waals surface area contributed by atoms with E-state index in [0.29, 0.717) is 17.5 Å². The van der Waals surface area contributed by atoms with Gasteiger partial charge >= 0.3 is 0 Å². The summed E-state index contributed by atoms with van der Waals surface area (Å²) in [5, 5.41) is 2.33. The molecule has 0 spiro atoms. The molecule has 5 nitrogen and oxygen atoms in total. The van der Waals surface area contributed by atoms with Gasteiger partial charge < -0.3 is 9.47 Å². The molecule has 264 valence electrons. The number of nitrogens with zero attached hydrogens (tertiary/aromatic N) is 5. The van der Waals surface area contributed by atoms with Crippen LogP contribution in [-0.2, 0) is 0 Å². The summed E-state index contributed by atoms with van der Waals surface area (Å²) in [5.74, 6) is 1.88. The van der Waals surface area contributed by atoms with E-state index >= 15 is 0 Å². The van der Waals surface area contributed by atoms with E-state index in [4.69, 9.17) is 15.0 Å². The Labute approximate surface area is 325 Å². The Morgan fingerprint density at radius 1 is 0.321 bits per heavy atom. The van der Waals surface area contributed by atoms with Gasteiger partial charge in [-0.2, -0.15) is 0 Å². The van der Waals surface area contributed by atoms with Gasteiger partial charge in [-0.15, -0.1) is 0 Å². The molecule has 0 bridgehead atoms. The number of para-hydroxylation sites is 5. The first kappa shape index (κ1) is 33.0. The van der Waals surface area contributed by atoms with Crippen molar-refractivity contribution in [2.75, 3.05) is 4.90 Å². The van der Waals surface area contributed by atoms with E-state index in [1.54, 1.807) is 0 Å². The summed E-state index contributed by atoms with van der Waals surface area (Å²) >= 11 is 0.